The smallest absolute Gasteiger partial charge is 0.141 e. The molecule has 1 saturated heterocycles. The van der Waals surface area contributed by atoms with Crippen LogP contribution < -0.4 is 0 Å². The molecule has 0 aliphatic carbocycles. The zero-order valence-electron chi connectivity index (χ0n) is 19.0. The molecule has 7 rings (SSSR count). The van der Waals surface area contributed by atoms with Gasteiger partial charge in [0.25, 0.3) is 0 Å². The zero-order valence-corrected chi connectivity index (χ0v) is 19.0. The Morgan fingerprint density at radius 2 is 1.85 bits per heavy atom. The van der Waals surface area contributed by atoms with E-state index in [9.17, 15) is 0 Å². The summed E-state index contributed by atoms with van der Waals surface area (Å²) in [6.45, 7) is 2.52. The minimum atomic E-state index is -0.658. The molecule has 0 saturated carbocycles. The van der Waals surface area contributed by atoms with E-state index >= 15 is 0 Å². The molecule has 0 bridgehead atoms. The molecule has 0 amide bonds. The number of fused-ring (bicyclic) bond motifs is 5. The van der Waals surface area contributed by atoms with E-state index in [-0.39, 0.29) is 0 Å². The molecular formula is C25H24N6O3. The van der Waals surface area contributed by atoms with Gasteiger partial charge >= 0.3 is 0 Å². The highest BCUT2D eigenvalue weighted by molar-refractivity contribution is 6.06. The first-order chi connectivity index (χ1) is 16.6. The van der Waals surface area contributed by atoms with Gasteiger partial charge in [-0.3, -0.25) is 9.36 Å². The van der Waals surface area contributed by atoms with E-state index in [1.807, 2.05) is 48.2 Å². The summed E-state index contributed by atoms with van der Waals surface area (Å²) in [6.07, 6.45) is 7.70. The molecule has 9 nitrogen and oxygen atoms in total. The number of ether oxygens (including phenoxy) is 3. The van der Waals surface area contributed by atoms with Crippen LogP contribution in [0, 0.1) is 0 Å². The molecule has 1 spiro atoms. The summed E-state index contributed by atoms with van der Waals surface area (Å²) in [6, 6.07) is 6.45. The monoisotopic (exact) mass is 456 g/mol. The first-order valence-electron chi connectivity index (χ1n) is 11.4. The number of nitrogens with one attached hydrogen (secondary N) is 1. The van der Waals surface area contributed by atoms with Crippen molar-refractivity contribution >= 4 is 21.9 Å². The lowest BCUT2D eigenvalue weighted by molar-refractivity contribution is -0.103. The average molecular weight is 457 g/mol. The predicted molar refractivity (Wildman–Crippen MR) is 126 cm³/mol. The number of H-pyrrole nitrogens is 1. The summed E-state index contributed by atoms with van der Waals surface area (Å²) in [5.41, 5.74) is 7.55. The van der Waals surface area contributed by atoms with Crippen LogP contribution in [0.3, 0.4) is 0 Å². The first kappa shape index (κ1) is 19.9. The SMILES string of the molecule is Cn1cc(-c2[nH]c3ncc4c(c3c2-c2ccc3c(cnn3C)c2)C2(COCCOC2)OC4)cn1. The van der Waals surface area contributed by atoms with Gasteiger partial charge in [0.05, 0.1) is 56.6 Å². The van der Waals surface area contributed by atoms with Crippen molar-refractivity contribution in [1.29, 1.82) is 0 Å². The molecule has 2 aliphatic heterocycles. The number of aryl methyl sites for hydroxylation is 2. The normalized spacial score (nSPS) is 17.6. The molecule has 1 aromatic carbocycles. The number of aromatic nitrogens is 6. The lowest BCUT2D eigenvalue weighted by Crippen LogP contribution is -2.35. The summed E-state index contributed by atoms with van der Waals surface area (Å²) in [4.78, 5) is 8.39. The van der Waals surface area contributed by atoms with Crippen LogP contribution in [-0.4, -0.2) is 56.0 Å². The van der Waals surface area contributed by atoms with E-state index in [0.29, 0.717) is 33.0 Å². The zero-order chi connectivity index (χ0) is 22.9. The molecule has 2 aliphatic rings. The Labute approximate surface area is 195 Å². The van der Waals surface area contributed by atoms with Crippen LogP contribution in [0.15, 0.2) is 43.0 Å². The Hall–Kier alpha value is -3.53. The van der Waals surface area contributed by atoms with E-state index in [4.69, 9.17) is 19.2 Å². The second-order valence-electron chi connectivity index (χ2n) is 9.09. The third kappa shape index (κ3) is 2.81. The van der Waals surface area contributed by atoms with Crippen molar-refractivity contribution in [1.82, 2.24) is 29.5 Å². The Morgan fingerprint density at radius 3 is 2.65 bits per heavy atom. The molecular weight excluding hydrogens is 432 g/mol. The predicted octanol–water partition coefficient (Wildman–Crippen LogP) is 3.29. The molecule has 1 fully saturated rings. The second kappa shape index (κ2) is 7.23. The highest BCUT2D eigenvalue weighted by atomic mass is 16.6. The number of pyridine rings is 1. The Bertz CT molecular complexity index is 1550. The standard InChI is InChI=1S/C25H24N6O3/c1-30-11-17(10-27-30)23-20(15-3-4-19-16(7-15)9-28-31(19)2)21-22-18(8-26-24(21)29-23)12-34-25(22)13-32-5-6-33-14-25/h3-4,7-11H,5-6,12-14H2,1-2H3,(H,26,29). The van der Waals surface area contributed by atoms with E-state index < -0.39 is 5.60 Å². The fraction of sp³-hybridized carbons (Fsp3) is 0.320. The second-order valence-corrected chi connectivity index (χ2v) is 9.09. The maximum Gasteiger partial charge on any atom is 0.141 e. The van der Waals surface area contributed by atoms with E-state index in [2.05, 4.69) is 33.4 Å². The third-order valence-electron chi connectivity index (χ3n) is 6.93. The van der Waals surface area contributed by atoms with E-state index in [0.717, 1.165) is 55.4 Å². The maximum atomic E-state index is 6.39. The van der Waals surface area contributed by atoms with Gasteiger partial charge in [-0.15, -0.1) is 0 Å². The Balaban J connectivity index is 1.56. The largest absolute Gasteiger partial charge is 0.376 e. The van der Waals surface area contributed by atoms with Crippen LogP contribution in [0.1, 0.15) is 11.1 Å². The molecule has 34 heavy (non-hydrogen) atoms. The quantitative estimate of drug-likeness (QED) is 0.438. The molecule has 0 radical (unpaired) electrons. The van der Waals surface area contributed by atoms with Crippen LogP contribution >= 0.6 is 0 Å². The number of aromatic amines is 1. The van der Waals surface area contributed by atoms with Crippen molar-refractivity contribution < 1.29 is 14.2 Å². The molecule has 0 unspecified atom stereocenters. The maximum absolute atomic E-state index is 6.39. The van der Waals surface area contributed by atoms with Crippen LogP contribution in [-0.2, 0) is 40.5 Å². The highest BCUT2D eigenvalue weighted by Gasteiger charge is 2.45. The van der Waals surface area contributed by atoms with E-state index in [1.165, 1.54) is 0 Å². The summed E-state index contributed by atoms with van der Waals surface area (Å²) in [5, 5.41) is 11.0. The van der Waals surface area contributed by atoms with E-state index in [1.54, 1.807) is 0 Å². The summed E-state index contributed by atoms with van der Waals surface area (Å²) in [5.74, 6) is 0. The number of hydrogen-bond acceptors (Lipinski definition) is 6. The number of benzene rings is 1. The van der Waals surface area contributed by atoms with Gasteiger partial charge in [-0.1, -0.05) is 6.07 Å². The van der Waals surface area contributed by atoms with Gasteiger partial charge in [0.2, 0.25) is 0 Å². The topological polar surface area (TPSA) is 92.0 Å². The number of rotatable bonds is 2. The molecule has 5 aromatic rings. The summed E-state index contributed by atoms with van der Waals surface area (Å²) in [7, 11) is 3.88. The van der Waals surface area contributed by atoms with Gasteiger partial charge in [-0.25, -0.2) is 4.98 Å². The average Bonchev–Trinajstić information content (AvgIpc) is 3.57. The first-order valence-corrected chi connectivity index (χ1v) is 11.4. The van der Waals surface area contributed by atoms with Crippen LogP contribution in [0.25, 0.3) is 44.3 Å². The number of nitrogens with zero attached hydrogens (tertiary/aromatic N) is 5. The lowest BCUT2D eigenvalue weighted by Gasteiger charge is -2.27. The van der Waals surface area contributed by atoms with Gasteiger partial charge in [0.15, 0.2) is 0 Å². The molecule has 6 heterocycles. The lowest BCUT2D eigenvalue weighted by atomic mass is 9.88. The highest BCUT2D eigenvalue weighted by Crippen LogP contribution is 2.48. The Kier molecular flexibility index (Phi) is 4.23. The molecule has 4 aromatic heterocycles. The van der Waals surface area contributed by atoms with Gasteiger partial charge in [-0.05, 0) is 17.7 Å². The third-order valence-corrected chi connectivity index (χ3v) is 6.93. The van der Waals surface area contributed by atoms with Gasteiger partial charge in [-0.2, -0.15) is 10.2 Å². The van der Waals surface area contributed by atoms with Crippen molar-refractivity contribution in [2.75, 3.05) is 26.4 Å². The van der Waals surface area contributed by atoms with Crippen molar-refractivity contribution in [3.05, 3.63) is 54.1 Å². The fourth-order valence-electron chi connectivity index (χ4n) is 5.35. The van der Waals surface area contributed by atoms with Crippen molar-refractivity contribution in [3.63, 3.8) is 0 Å². The van der Waals surface area contributed by atoms with Crippen LogP contribution in [0.2, 0.25) is 0 Å². The summed E-state index contributed by atoms with van der Waals surface area (Å²) < 4.78 is 22.0. The fourth-order valence-corrected chi connectivity index (χ4v) is 5.35. The van der Waals surface area contributed by atoms with Crippen molar-refractivity contribution in [3.8, 4) is 22.4 Å². The molecule has 172 valence electrons. The van der Waals surface area contributed by atoms with Gasteiger partial charge in [0, 0.05) is 59.5 Å². The molecule has 9 heteroatoms. The van der Waals surface area contributed by atoms with Gasteiger partial charge < -0.3 is 19.2 Å². The minimum Gasteiger partial charge on any atom is -0.376 e. The number of hydrogen-bond donors (Lipinski definition) is 1. The Morgan fingerprint density at radius 1 is 1.00 bits per heavy atom. The van der Waals surface area contributed by atoms with Crippen molar-refractivity contribution in [2.24, 2.45) is 14.1 Å². The van der Waals surface area contributed by atoms with Crippen molar-refractivity contribution in [2.45, 2.75) is 12.2 Å². The van der Waals surface area contributed by atoms with Crippen LogP contribution in [0.4, 0.5) is 0 Å². The summed E-state index contributed by atoms with van der Waals surface area (Å²) >= 11 is 0. The molecule has 1 N–H and O–H groups in total. The molecule has 0 atom stereocenters. The minimum absolute atomic E-state index is 0.452. The van der Waals surface area contributed by atoms with Gasteiger partial charge in [0.1, 0.15) is 11.2 Å². The van der Waals surface area contributed by atoms with Crippen LogP contribution in [0.5, 0.6) is 0 Å².